The van der Waals surface area contributed by atoms with E-state index >= 15 is 0 Å². The van der Waals surface area contributed by atoms with Gasteiger partial charge in [0.1, 0.15) is 0 Å². The first-order valence-electron chi connectivity index (χ1n) is 14.2. The molecule has 180 valence electrons. The molecule has 0 amide bonds. The highest BCUT2D eigenvalue weighted by molar-refractivity contribution is 5.25. The average Bonchev–Trinajstić information content (AvgIpc) is 3.09. The molecule has 0 radical (unpaired) electrons. The Morgan fingerprint density at radius 3 is 2.45 bits per heavy atom. The van der Waals surface area contributed by atoms with Crippen molar-refractivity contribution in [2.24, 2.45) is 46.3 Å². The molecule has 31 heavy (non-hydrogen) atoms. The third-order valence-electron chi connectivity index (χ3n) is 10.9. The third kappa shape index (κ3) is 4.69. The topological polar surface area (TPSA) is 20.2 Å². The number of hydrogen-bond donors (Lipinski definition) is 1. The molecule has 0 bridgehead atoms. The Hall–Kier alpha value is -0.300. The molecule has 1 nitrogen and oxygen atoms in total. The van der Waals surface area contributed by atoms with Crippen LogP contribution in [0.1, 0.15) is 126 Å². The fourth-order valence-electron chi connectivity index (χ4n) is 8.86. The van der Waals surface area contributed by atoms with Crippen LogP contribution in [0.5, 0.6) is 0 Å². The van der Waals surface area contributed by atoms with Crippen LogP contribution in [0.15, 0.2) is 11.6 Å². The molecule has 0 aromatic carbocycles. The van der Waals surface area contributed by atoms with E-state index in [1.165, 1.54) is 64.2 Å². The van der Waals surface area contributed by atoms with Crippen molar-refractivity contribution in [2.75, 3.05) is 0 Å². The van der Waals surface area contributed by atoms with Gasteiger partial charge in [0.25, 0.3) is 0 Å². The molecular formula is C30H54O. The Kier molecular flexibility index (Phi) is 8.43. The van der Waals surface area contributed by atoms with Gasteiger partial charge >= 0.3 is 0 Å². The van der Waals surface area contributed by atoms with Crippen LogP contribution < -0.4 is 0 Å². The van der Waals surface area contributed by atoms with Crippen molar-refractivity contribution in [3.8, 4) is 0 Å². The maximum atomic E-state index is 10.2. The van der Waals surface area contributed by atoms with Crippen LogP contribution in [0, 0.1) is 46.3 Å². The van der Waals surface area contributed by atoms with Crippen LogP contribution in [0.25, 0.3) is 0 Å². The summed E-state index contributed by atoms with van der Waals surface area (Å²) in [4.78, 5) is 0. The van der Waals surface area contributed by atoms with Crippen LogP contribution in [-0.4, -0.2) is 11.2 Å². The molecule has 4 aliphatic carbocycles. The average molecular weight is 431 g/mol. The molecule has 4 aliphatic rings. The van der Waals surface area contributed by atoms with E-state index in [0.717, 1.165) is 48.3 Å². The lowest BCUT2D eigenvalue weighted by atomic mass is 9.47. The van der Waals surface area contributed by atoms with E-state index < -0.39 is 0 Å². The number of hydrogen-bond acceptors (Lipinski definition) is 1. The molecule has 0 spiro atoms. The van der Waals surface area contributed by atoms with Gasteiger partial charge in [-0.25, -0.2) is 0 Å². The fraction of sp³-hybridized carbons (Fsp3) is 0.933. The SMILES string of the molecule is CC.CCC(CCCC1CCC2C3CC=C4CC(O)CCC4(C)C3CCC12C)C(C)C. The molecule has 8 unspecified atom stereocenters. The lowest BCUT2D eigenvalue weighted by Crippen LogP contribution is -2.50. The number of fused-ring (bicyclic) bond motifs is 5. The zero-order valence-corrected chi connectivity index (χ0v) is 22.1. The second-order valence-corrected chi connectivity index (χ2v) is 12.3. The van der Waals surface area contributed by atoms with Gasteiger partial charge in [-0.2, -0.15) is 0 Å². The zero-order valence-electron chi connectivity index (χ0n) is 22.1. The molecule has 0 heterocycles. The first-order chi connectivity index (χ1) is 14.8. The highest BCUT2D eigenvalue weighted by Gasteiger charge is 2.58. The van der Waals surface area contributed by atoms with E-state index in [-0.39, 0.29) is 6.10 Å². The van der Waals surface area contributed by atoms with Crippen molar-refractivity contribution >= 4 is 0 Å². The number of aliphatic hydroxyl groups is 1. The van der Waals surface area contributed by atoms with Gasteiger partial charge in [0.2, 0.25) is 0 Å². The highest BCUT2D eigenvalue weighted by atomic mass is 16.3. The quantitative estimate of drug-likeness (QED) is 0.417. The van der Waals surface area contributed by atoms with E-state index in [1.807, 2.05) is 13.8 Å². The molecule has 8 atom stereocenters. The van der Waals surface area contributed by atoms with Crippen molar-refractivity contribution in [1.29, 1.82) is 0 Å². The summed E-state index contributed by atoms with van der Waals surface area (Å²) < 4.78 is 0. The fourth-order valence-corrected chi connectivity index (χ4v) is 8.86. The first-order valence-corrected chi connectivity index (χ1v) is 14.2. The van der Waals surface area contributed by atoms with Crippen molar-refractivity contribution < 1.29 is 5.11 Å². The maximum absolute atomic E-state index is 10.2. The molecule has 3 fully saturated rings. The van der Waals surface area contributed by atoms with E-state index in [0.29, 0.717) is 10.8 Å². The molecule has 0 aliphatic heterocycles. The second-order valence-electron chi connectivity index (χ2n) is 12.3. The van der Waals surface area contributed by atoms with Gasteiger partial charge in [0.15, 0.2) is 0 Å². The van der Waals surface area contributed by atoms with Crippen molar-refractivity contribution in [1.82, 2.24) is 0 Å². The number of allylic oxidation sites excluding steroid dienone is 1. The Bertz CT molecular complexity index is 606. The van der Waals surface area contributed by atoms with Crippen molar-refractivity contribution in [2.45, 2.75) is 132 Å². The van der Waals surface area contributed by atoms with E-state index in [9.17, 15) is 5.11 Å². The minimum Gasteiger partial charge on any atom is -0.393 e. The Morgan fingerprint density at radius 1 is 1.03 bits per heavy atom. The standard InChI is InChI=1S/C28H48O.C2H6/c1-6-20(19(2)3)8-7-9-21-11-13-25-24-12-10-22-18-23(29)14-16-28(22,5)26(24)15-17-27(21,25)4;1-2/h10,19-21,23-26,29H,6-9,11-18H2,1-5H3;1-2H3. The lowest BCUT2D eigenvalue weighted by molar-refractivity contribution is -0.0510. The summed E-state index contributed by atoms with van der Waals surface area (Å²) in [6.45, 7) is 16.5. The third-order valence-corrected chi connectivity index (χ3v) is 10.9. The zero-order chi connectivity index (χ0) is 22.8. The second kappa shape index (κ2) is 10.3. The smallest absolute Gasteiger partial charge is 0.0577 e. The Morgan fingerprint density at radius 2 is 1.77 bits per heavy atom. The highest BCUT2D eigenvalue weighted by Crippen LogP contribution is 2.66. The summed E-state index contributed by atoms with van der Waals surface area (Å²) in [6, 6.07) is 0. The summed E-state index contributed by atoms with van der Waals surface area (Å²) in [5.74, 6) is 5.52. The van der Waals surface area contributed by atoms with Gasteiger partial charge in [-0.3, -0.25) is 0 Å². The summed E-state index contributed by atoms with van der Waals surface area (Å²) in [5, 5.41) is 10.2. The largest absolute Gasteiger partial charge is 0.393 e. The van der Waals surface area contributed by atoms with Crippen LogP contribution in [0.2, 0.25) is 0 Å². The number of rotatable bonds is 6. The predicted molar refractivity (Wildman–Crippen MR) is 135 cm³/mol. The van der Waals surface area contributed by atoms with Gasteiger partial charge in [-0.05, 0) is 104 Å². The summed E-state index contributed by atoms with van der Waals surface area (Å²) in [5.41, 5.74) is 2.62. The molecule has 1 heteroatoms. The normalized spacial score (nSPS) is 42.6. The van der Waals surface area contributed by atoms with Gasteiger partial charge in [0, 0.05) is 0 Å². The molecular weight excluding hydrogens is 376 g/mol. The molecule has 4 rings (SSSR count). The molecule has 3 saturated carbocycles. The van der Waals surface area contributed by atoms with E-state index in [4.69, 9.17) is 0 Å². The predicted octanol–water partition coefficient (Wildman–Crippen LogP) is 8.81. The summed E-state index contributed by atoms with van der Waals surface area (Å²) >= 11 is 0. The Labute approximate surface area is 194 Å². The Balaban J connectivity index is 0.00000132. The first kappa shape index (κ1) is 25.3. The van der Waals surface area contributed by atoms with Crippen molar-refractivity contribution in [3.63, 3.8) is 0 Å². The number of aliphatic hydroxyl groups excluding tert-OH is 1. The van der Waals surface area contributed by atoms with Crippen LogP contribution >= 0.6 is 0 Å². The van der Waals surface area contributed by atoms with Gasteiger partial charge in [-0.15, -0.1) is 0 Å². The van der Waals surface area contributed by atoms with E-state index in [2.05, 4.69) is 40.7 Å². The van der Waals surface area contributed by atoms with Crippen molar-refractivity contribution in [3.05, 3.63) is 11.6 Å². The van der Waals surface area contributed by atoms with E-state index in [1.54, 1.807) is 5.57 Å². The van der Waals surface area contributed by atoms with Crippen LogP contribution in [0.4, 0.5) is 0 Å². The van der Waals surface area contributed by atoms with Gasteiger partial charge in [0.05, 0.1) is 6.10 Å². The minimum absolute atomic E-state index is 0.0756. The molecule has 1 N–H and O–H groups in total. The molecule has 0 aromatic rings. The minimum atomic E-state index is -0.0756. The molecule has 0 aromatic heterocycles. The monoisotopic (exact) mass is 430 g/mol. The summed E-state index contributed by atoms with van der Waals surface area (Å²) in [6.07, 6.45) is 18.7. The van der Waals surface area contributed by atoms with Gasteiger partial charge < -0.3 is 5.11 Å². The summed E-state index contributed by atoms with van der Waals surface area (Å²) in [7, 11) is 0. The van der Waals surface area contributed by atoms with Crippen LogP contribution in [0.3, 0.4) is 0 Å². The van der Waals surface area contributed by atoms with Gasteiger partial charge in [-0.1, -0.05) is 79.4 Å². The lowest BCUT2D eigenvalue weighted by Gasteiger charge is -2.58. The molecule has 0 saturated heterocycles. The van der Waals surface area contributed by atoms with Crippen LogP contribution in [-0.2, 0) is 0 Å². The maximum Gasteiger partial charge on any atom is 0.0577 e.